The van der Waals surface area contributed by atoms with E-state index in [0.29, 0.717) is 0 Å². The van der Waals surface area contributed by atoms with Crippen LogP contribution in [0, 0.1) is 6.92 Å². The molecule has 1 saturated heterocycles. The SMILES string of the molecule is CC.Cc1ccccc1B1OC(C)(C)C(C)(C)O1. The molecule has 0 unspecified atom stereocenters. The fourth-order valence-electron chi connectivity index (χ4n) is 1.82. The Hall–Kier alpha value is -0.795. The first-order valence-electron chi connectivity index (χ1n) is 6.75. The predicted octanol–water partition coefficient (Wildman–Crippen LogP) is 3.32. The average Bonchev–Trinajstić information content (AvgIpc) is 2.51. The molecular formula is C15H25BO2. The Kier molecular flexibility index (Phi) is 4.63. The Balaban J connectivity index is 0.000000771. The van der Waals surface area contributed by atoms with Gasteiger partial charge in [-0.1, -0.05) is 43.7 Å². The van der Waals surface area contributed by atoms with E-state index >= 15 is 0 Å². The zero-order chi connectivity index (χ0) is 14.0. The standard InChI is InChI=1S/C13H19BO2.C2H6/c1-10-8-6-7-9-11(10)14-15-12(2,3)13(4,5)16-14;1-2/h6-9H,1-5H3;1-2H3. The van der Waals surface area contributed by atoms with Gasteiger partial charge in [0.25, 0.3) is 0 Å². The van der Waals surface area contributed by atoms with Crippen LogP contribution in [0.15, 0.2) is 24.3 Å². The van der Waals surface area contributed by atoms with E-state index in [2.05, 4.69) is 46.8 Å². The first kappa shape index (κ1) is 15.3. The molecule has 0 aromatic heterocycles. The van der Waals surface area contributed by atoms with Crippen molar-refractivity contribution in [3.63, 3.8) is 0 Å². The molecule has 1 aliphatic heterocycles. The number of hydrogen-bond acceptors (Lipinski definition) is 2. The summed E-state index contributed by atoms with van der Waals surface area (Å²) >= 11 is 0. The van der Waals surface area contributed by atoms with Gasteiger partial charge in [0, 0.05) is 0 Å². The van der Waals surface area contributed by atoms with Gasteiger partial charge in [-0.05, 0) is 40.1 Å². The number of benzene rings is 1. The van der Waals surface area contributed by atoms with E-state index in [1.54, 1.807) is 0 Å². The molecule has 1 aromatic rings. The van der Waals surface area contributed by atoms with Gasteiger partial charge < -0.3 is 9.31 Å². The summed E-state index contributed by atoms with van der Waals surface area (Å²) in [7, 11) is -0.244. The minimum Gasteiger partial charge on any atom is -0.399 e. The number of aryl methyl sites for hydroxylation is 1. The van der Waals surface area contributed by atoms with Crippen molar-refractivity contribution in [2.75, 3.05) is 0 Å². The normalized spacial score (nSPS) is 20.3. The second-order valence-corrected chi connectivity index (χ2v) is 5.44. The highest BCUT2D eigenvalue weighted by Gasteiger charge is 2.51. The van der Waals surface area contributed by atoms with Gasteiger partial charge in [-0.15, -0.1) is 0 Å². The minimum atomic E-state index is -0.264. The third-order valence-electron chi connectivity index (χ3n) is 3.70. The molecule has 3 heteroatoms. The van der Waals surface area contributed by atoms with E-state index in [4.69, 9.17) is 9.31 Å². The summed E-state index contributed by atoms with van der Waals surface area (Å²) in [4.78, 5) is 0. The molecule has 1 heterocycles. The molecule has 0 radical (unpaired) electrons. The first-order chi connectivity index (χ1) is 8.33. The second-order valence-electron chi connectivity index (χ2n) is 5.44. The molecule has 1 aromatic carbocycles. The highest BCUT2D eigenvalue weighted by molar-refractivity contribution is 6.62. The fraction of sp³-hybridized carbons (Fsp3) is 0.600. The summed E-state index contributed by atoms with van der Waals surface area (Å²) in [6.07, 6.45) is 0. The summed E-state index contributed by atoms with van der Waals surface area (Å²) in [5.41, 5.74) is 1.81. The Morgan fingerprint density at radius 3 is 1.78 bits per heavy atom. The molecule has 0 spiro atoms. The van der Waals surface area contributed by atoms with Gasteiger partial charge >= 0.3 is 7.12 Å². The molecule has 2 rings (SSSR count). The van der Waals surface area contributed by atoms with Gasteiger partial charge in [0.2, 0.25) is 0 Å². The number of rotatable bonds is 1. The molecule has 0 aliphatic carbocycles. The van der Waals surface area contributed by atoms with Crippen molar-refractivity contribution in [1.82, 2.24) is 0 Å². The zero-order valence-corrected chi connectivity index (χ0v) is 12.7. The van der Waals surface area contributed by atoms with Crippen LogP contribution in [0.2, 0.25) is 0 Å². The molecule has 0 bridgehead atoms. The van der Waals surface area contributed by atoms with Gasteiger partial charge in [-0.3, -0.25) is 0 Å². The van der Waals surface area contributed by atoms with Crippen LogP contribution in [0.3, 0.4) is 0 Å². The van der Waals surface area contributed by atoms with Crippen LogP contribution in [0.4, 0.5) is 0 Å². The van der Waals surface area contributed by atoms with E-state index < -0.39 is 0 Å². The van der Waals surface area contributed by atoms with Crippen LogP contribution in [-0.4, -0.2) is 18.3 Å². The van der Waals surface area contributed by atoms with Crippen molar-refractivity contribution in [2.24, 2.45) is 0 Å². The van der Waals surface area contributed by atoms with E-state index in [1.807, 2.05) is 26.0 Å². The van der Waals surface area contributed by atoms with Gasteiger partial charge in [0.15, 0.2) is 0 Å². The van der Waals surface area contributed by atoms with Crippen molar-refractivity contribution in [3.8, 4) is 0 Å². The molecule has 0 N–H and O–H groups in total. The van der Waals surface area contributed by atoms with Crippen molar-refractivity contribution in [1.29, 1.82) is 0 Å². The molecule has 0 saturated carbocycles. The molecule has 1 aliphatic rings. The summed E-state index contributed by atoms with van der Waals surface area (Å²) < 4.78 is 12.0. The topological polar surface area (TPSA) is 18.5 Å². The Bertz CT molecular complexity index is 383. The Morgan fingerprint density at radius 2 is 1.33 bits per heavy atom. The molecule has 1 fully saturated rings. The van der Waals surface area contributed by atoms with E-state index in [0.717, 1.165) is 5.46 Å². The van der Waals surface area contributed by atoms with Gasteiger partial charge in [0.05, 0.1) is 11.2 Å². The third-order valence-corrected chi connectivity index (χ3v) is 3.70. The molecule has 100 valence electrons. The Morgan fingerprint density at radius 1 is 0.889 bits per heavy atom. The fourth-order valence-corrected chi connectivity index (χ4v) is 1.82. The van der Waals surface area contributed by atoms with Crippen molar-refractivity contribution in [2.45, 2.75) is 59.7 Å². The van der Waals surface area contributed by atoms with Crippen LogP contribution in [0.25, 0.3) is 0 Å². The van der Waals surface area contributed by atoms with Crippen LogP contribution in [0.1, 0.15) is 47.1 Å². The highest BCUT2D eigenvalue weighted by Crippen LogP contribution is 2.36. The maximum absolute atomic E-state index is 6.01. The summed E-state index contributed by atoms with van der Waals surface area (Å²) in [6, 6.07) is 8.20. The van der Waals surface area contributed by atoms with Gasteiger partial charge in [0.1, 0.15) is 0 Å². The van der Waals surface area contributed by atoms with E-state index in [9.17, 15) is 0 Å². The van der Waals surface area contributed by atoms with Gasteiger partial charge in [-0.2, -0.15) is 0 Å². The maximum Gasteiger partial charge on any atom is 0.495 e. The largest absolute Gasteiger partial charge is 0.495 e. The van der Waals surface area contributed by atoms with Crippen molar-refractivity contribution in [3.05, 3.63) is 29.8 Å². The Labute approximate surface area is 112 Å². The van der Waals surface area contributed by atoms with E-state index in [-0.39, 0.29) is 18.3 Å². The quantitative estimate of drug-likeness (QED) is 0.710. The minimum absolute atomic E-state index is 0.244. The average molecular weight is 248 g/mol. The van der Waals surface area contributed by atoms with Crippen LogP contribution < -0.4 is 5.46 Å². The second kappa shape index (κ2) is 5.46. The van der Waals surface area contributed by atoms with Crippen LogP contribution in [0.5, 0.6) is 0 Å². The predicted molar refractivity (Wildman–Crippen MR) is 78.2 cm³/mol. The molecule has 2 nitrogen and oxygen atoms in total. The van der Waals surface area contributed by atoms with Gasteiger partial charge in [-0.25, -0.2) is 0 Å². The lowest BCUT2D eigenvalue weighted by Crippen LogP contribution is -2.41. The highest BCUT2D eigenvalue weighted by atomic mass is 16.7. The van der Waals surface area contributed by atoms with Crippen LogP contribution >= 0.6 is 0 Å². The lowest BCUT2D eigenvalue weighted by Gasteiger charge is -2.32. The lowest BCUT2D eigenvalue weighted by molar-refractivity contribution is 0.00578. The lowest BCUT2D eigenvalue weighted by atomic mass is 9.76. The smallest absolute Gasteiger partial charge is 0.399 e. The molecular weight excluding hydrogens is 223 g/mol. The van der Waals surface area contributed by atoms with Crippen molar-refractivity contribution < 1.29 is 9.31 Å². The summed E-state index contributed by atoms with van der Waals surface area (Å²) in [6.45, 7) is 14.4. The molecule has 0 amide bonds. The zero-order valence-electron chi connectivity index (χ0n) is 12.7. The summed E-state index contributed by atoms with van der Waals surface area (Å²) in [5.74, 6) is 0. The number of hydrogen-bond donors (Lipinski definition) is 0. The van der Waals surface area contributed by atoms with Crippen LogP contribution in [-0.2, 0) is 9.31 Å². The van der Waals surface area contributed by atoms with E-state index in [1.165, 1.54) is 5.56 Å². The molecule has 18 heavy (non-hydrogen) atoms. The summed E-state index contributed by atoms with van der Waals surface area (Å²) in [5, 5.41) is 0. The first-order valence-corrected chi connectivity index (χ1v) is 6.75. The molecule has 0 atom stereocenters. The third kappa shape index (κ3) is 2.78. The van der Waals surface area contributed by atoms with Crippen molar-refractivity contribution >= 4 is 12.6 Å². The monoisotopic (exact) mass is 248 g/mol. The maximum atomic E-state index is 6.01.